The lowest BCUT2D eigenvalue weighted by Gasteiger charge is -2.18. The lowest BCUT2D eigenvalue weighted by Crippen LogP contribution is -2.28. The number of benzene rings is 2. The van der Waals surface area contributed by atoms with Crippen LogP contribution in [0, 0.1) is 6.92 Å². The Labute approximate surface area is 176 Å². The molecule has 0 aliphatic heterocycles. The number of hydrogen-bond donors (Lipinski definition) is 1. The summed E-state index contributed by atoms with van der Waals surface area (Å²) in [5, 5.41) is 13.3. The summed E-state index contributed by atoms with van der Waals surface area (Å²) in [6, 6.07) is 16.9. The predicted molar refractivity (Wildman–Crippen MR) is 116 cm³/mol. The standard InChI is InChI=1S/C21H20N6O2S/c1-14-7-3-6-10-18(14)27-21(23-24-25-27)30-13-20(29)26(2)12-15-11-19(28)22-17-9-5-4-8-16(15)17/h3-11H,12-13H2,1-2H3,(H,22,28). The van der Waals surface area contributed by atoms with Gasteiger partial charge in [0.05, 0.1) is 11.4 Å². The van der Waals surface area contributed by atoms with Gasteiger partial charge in [0.2, 0.25) is 16.6 Å². The van der Waals surface area contributed by atoms with Crippen molar-refractivity contribution in [2.75, 3.05) is 12.8 Å². The second-order valence-electron chi connectivity index (χ2n) is 6.90. The highest BCUT2D eigenvalue weighted by Gasteiger charge is 2.16. The number of pyridine rings is 1. The van der Waals surface area contributed by atoms with Crippen LogP contribution in [-0.4, -0.2) is 48.8 Å². The number of aromatic amines is 1. The minimum atomic E-state index is -0.184. The number of amides is 1. The summed E-state index contributed by atoms with van der Waals surface area (Å²) in [5.41, 5.74) is 3.29. The van der Waals surface area contributed by atoms with Crippen molar-refractivity contribution in [3.05, 3.63) is 76.1 Å². The van der Waals surface area contributed by atoms with Crippen molar-refractivity contribution >= 4 is 28.6 Å². The van der Waals surface area contributed by atoms with Gasteiger partial charge in [-0.2, -0.15) is 4.68 Å². The van der Waals surface area contributed by atoms with Gasteiger partial charge in [0.25, 0.3) is 0 Å². The molecular formula is C21H20N6O2S. The van der Waals surface area contributed by atoms with Crippen molar-refractivity contribution in [2.45, 2.75) is 18.6 Å². The Morgan fingerprint density at radius 3 is 2.77 bits per heavy atom. The molecule has 0 unspecified atom stereocenters. The first-order chi connectivity index (χ1) is 14.5. The van der Waals surface area contributed by atoms with Crippen LogP contribution in [0.2, 0.25) is 0 Å². The molecular weight excluding hydrogens is 400 g/mol. The molecule has 1 amide bonds. The van der Waals surface area contributed by atoms with Gasteiger partial charge in [-0.25, -0.2) is 0 Å². The van der Waals surface area contributed by atoms with E-state index in [-0.39, 0.29) is 17.2 Å². The van der Waals surface area contributed by atoms with Gasteiger partial charge in [-0.05, 0) is 40.6 Å². The SMILES string of the molecule is Cc1ccccc1-n1nnnc1SCC(=O)N(C)Cc1cc(=O)[nH]c2ccccc12. The number of thioether (sulfide) groups is 1. The number of tetrazole rings is 1. The van der Waals surface area contributed by atoms with E-state index in [1.807, 2.05) is 55.5 Å². The molecule has 30 heavy (non-hydrogen) atoms. The number of para-hydroxylation sites is 2. The van der Waals surface area contributed by atoms with Crippen LogP contribution in [0.1, 0.15) is 11.1 Å². The summed E-state index contributed by atoms with van der Waals surface area (Å²) in [6.45, 7) is 2.32. The van der Waals surface area contributed by atoms with E-state index in [4.69, 9.17) is 0 Å². The number of H-pyrrole nitrogens is 1. The Bertz CT molecular complexity index is 1270. The quantitative estimate of drug-likeness (QED) is 0.482. The van der Waals surface area contributed by atoms with Crippen LogP contribution in [0.3, 0.4) is 0 Å². The van der Waals surface area contributed by atoms with Crippen LogP contribution in [0.5, 0.6) is 0 Å². The first-order valence-electron chi connectivity index (χ1n) is 9.35. The molecule has 0 saturated heterocycles. The molecule has 2 aromatic heterocycles. The Morgan fingerprint density at radius 1 is 1.17 bits per heavy atom. The Hall–Kier alpha value is -3.46. The highest BCUT2D eigenvalue weighted by atomic mass is 32.2. The van der Waals surface area contributed by atoms with Gasteiger partial charge < -0.3 is 9.88 Å². The topological polar surface area (TPSA) is 96.8 Å². The zero-order valence-corrected chi connectivity index (χ0v) is 17.4. The molecule has 0 atom stereocenters. The molecule has 0 bridgehead atoms. The maximum atomic E-state index is 12.7. The summed E-state index contributed by atoms with van der Waals surface area (Å²) in [7, 11) is 1.73. The van der Waals surface area contributed by atoms with Gasteiger partial charge in [0.1, 0.15) is 0 Å². The van der Waals surface area contributed by atoms with Crippen molar-refractivity contribution in [1.29, 1.82) is 0 Å². The number of fused-ring (bicyclic) bond motifs is 1. The smallest absolute Gasteiger partial charge is 0.248 e. The molecule has 0 saturated carbocycles. The molecule has 152 valence electrons. The van der Waals surface area contributed by atoms with Gasteiger partial charge in [0.15, 0.2) is 0 Å². The lowest BCUT2D eigenvalue weighted by atomic mass is 10.1. The van der Waals surface area contributed by atoms with Crippen LogP contribution in [0.15, 0.2) is 64.5 Å². The minimum Gasteiger partial charge on any atom is -0.341 e. The van der Waals surface area contributed by atoms with Crippen molar-refractivity contribution in [1.82, 2.24) is 30.1 Å². The van der Waals surface area contributed by atoms with E-state index in [2.05, 4.69) is 20.5 Å². The highest BCUT2D eigenvalue weighted by molar-refractivity contribution is 7.99. The average molecular weight is 420 g/mol. The summed E-state index contributed by atoms with van der Waals surface area (Å²) in [4.78, 5) is 29.1. The van der Waals surface area contributed by atoms with E-state index in [0.717, 1.165) is 27.7 Å². The number of nitrogens with one attached hydrogen (secondary N) is 1. The molecule has 0 aliphatic carbocycles. The summed E-state index contributed by atoms with van der Waals surface area (Å²) in [6.07, 6.45) is 0. The van der Waals surface area contributed by atoms with Crippen molar-refractivity contribution in [3.8, 4) is 5.69 Å². The number of hydrogen-bond acceptors (Lipinski definition) is 6. The van der Waals surface area contributed by atoms with E-state index in [0.29, 0.717) is 11.7 Å². The third-order valence-electron chi connectivity index (χ3n) is 4.78. The summed E-state index contributed by atoms with van der Waals surface area (Å²) in [5.74, 6) is 0.104. The fraction of sp³-hybridized carbons (Fsp3) is 0.190. The fourth-order valence-electron chi connectivity index (χ4n) is 3.21. The zero-order valence-electron chi connectivity index (χ0n) is 16.6. The van der Waals surface area contributed by atoms with E-state index in [1.54, 1.807) is 16.6 Å². The lowest BCUT2D eigenvalue weighted by molar-refractivity contribution is -0.127. The number of rotatable bonds is 6. The van der Waals surface area contributed by atoms with Crippen LogP contribution in [0.4, 0.5) is 0 Å². The molecule has 4 aromatic rings. The van der Waals surface area contributed by atoms with Crippen LogP contribution in [-0.2, 0) is 11.3 Å². The third-order valence-corrected chi connectivity index (χ3v) is 5.68. The minimum absolute atomic E-state index is 0.0799. The highest BCUT2D eigenvalue weighted by Crippen LogP contribution is 2.21. The molecule has 0 radical (unpaired) electrons. The zero-order chi connectivity index (χ0) is 21.1. The first-order valence-corrected chi connectivity index (χ1v) is 10.3. The van der Waals surface area contributed by atoms with Crippen LogP contribution in [0.25, 0.3) is 16.6 Å². The van der Waals surface area contributed by atoms with Crippen molar-refractivity contribution in [3.63, 3.8) is 0 Å². The third kappa shape index (κ3) is 4.11. The van der Waals surface area contributed by atoms with E-state index in [1.165, 1.54) is 17.8 Å². The summed E-state index contributed by atoms with van der Waals surface area (Å²) >= 11 is 1.28. The Kier molecular flexibility index (Phi) is 5.62. The number of carbonyl (C=O) groups is 1. The van der Waals surface area contributed by atoms with Gasteiger partial charge in [-0.3, -0.25) is 9.59 Å². The fourth-order valence-corrected chi connectivity index (χ4v) is 4.03. The normalized spacial score (nSPS) is 11.0. The second-order valence-corrected chi connectivity index (χ2v) is 7.85. The molecule has 2 heterocycles. The molecule has 4 rings (SSSR count). The van der Waals surface area contributed by atoms with Crippen LogP contribution >= 0.6 is 11.8 Å². The summed E-state index contributed by atoms with van der Waals surface area (Å²) < 4.78 is 1.64. The number of aryl methyl sites for hydroxylation is 1. The number of carbonyl (C=O) groups excluding carboxylic acids is 1. The van der Waals surface area contributed by atoms with Gasteiger partial charge >= 0.3 is 0 Å². The predicted octanol–water partition coefficient (Wildman–Crippen LogP) is 2.56. The van der Waals surface area contributed by atoms with E-state index in [9.17, 15) is 9.59 Å². The molecule has 9 heteroatoms. The van der Waals surface area contributed by atoms with Gasteiger partial charge in [-0.15, -0.1) is 5.10 Å². The molecule has 0 spiro atoms. The molecule has 2 aromatic carbocycles. The van der Waals surface area contributed by atoms with Crippen LogP contribution < -0.4 is 5.56 Å². The van der Waals surface area contributed by atoms with E-state index >= 15 is 0 Å². The van der Waals surface area contributed by atoms with Gasteiger partial charge in [-0.1, -0.05) is 48.2 Å². The average Bonchev–Trinajstić information content (AvgIpc) is 3.20. The largest absolute Gasteiger partial charge is 0.341 e. The van der Waals surface area contributed by atoms with Crippen molar-refractivity contribution < 1.29 is 4.79 Å². The maximum absolute atomic E-state index is 12.7. The molecule has 0 aliphatic rings. The van der Waals surface area contributed by atoms with Gasteiger partial charge in [0, 0.05) is 30.6 Å². The maximum Gasteiger partial charge on any atom is 0.248 e. The monoisotopic (exact) mass is 420 g/mol. The Balaban J connectivity index is 1.47. The van der Waals surface area contributed by atoms with E-state index < -0.39 is 0 Å². The second kappa shape index (κ2) is 8.50. The number of nitrogens with zero attached hydrogens (tertiary/aromatic N) is 5. The molecule has 0 fully saturated rings. The first kappa shape index (κ1) is 19.8. The number of aromatic nitrogens is 5. The molecule has 8 nitrogen and oxygen atoms in total. The van der Waals surface area contributed by atoms with Crippen molar-refractivity contribution in [2.24, 2.45) is 0 Å². The molecule has 1 N–H and O–H groups in total. The Morgan fingerprint density at radius 2 is 1.93 bits per heavy atom.